The van der Waals surface area contributed by atoms with Crippen molar-refractivity contribution in [3.8, 4) is 5.75 Å². The third-order valence-electron chi connectivity index (χ3n) is 4.56. The first-order chi connectivity index (χ1) is 10.3. The Morgan fingerprint density at radius 2 is 1.83 bits per heavy atom. The summed E-state index contributed by atoms with van der Waals surface area (Å²) in [5.74, 6) is 0.100. The van der Waals surface area contributed by atoms with Crippen molar-refractivity contribution < 1.29 is 14.2 Å². The van der Waals surface area contributed by atoms with E-state index in [2.05, 4.69) is 10.2 Å². The fourth-order valence-corrected chi connectivity index (χ4v) is 3.50. The molecule has 0 spiro atoms. The van der Waals surface area contributed by atoms with Crippen LogP contribution in [0.25, 0.3) is 0 Å². The molecule has 2 N–H and O–H groups in total. The lowest BCUT2D eigenvalue weighted by atomic mass is 9.85. The molecule has 1 aromatic rings. The first-order valence-electron chi connectivity index (χ1n) is 7.76. The van der Waals surface area contributed by atoms with Gasteiger partial charge in [0.1, 0.15) is 11.6 Å². The molecule has 0 aliphatic carbocycles. The number of nitrogens with one attached hydrogen (secondary N) is 1. The van der Waals surface area contributed by atoms with Crippen LogP contribution in [0, 0.1) is 11.7 Å². The van der Waals surface area contributed by atoms with Crippen LogP contribution < -0.4 is 5.32 Å². The number of ether oxygens (including phenoxy) is 1. The number of phenolic OH excluding ortho intramolecular Hbond substituents is 1. The van der Waals surface area contributed by atoms with Crippen LogP contribution in [0.2, 0.25) is 0 Å². The Balaban J connectivity index is 0.00000132. The Labute approximate surface area is 149 Å². The molecular formula is C16H25Cl2FN2O2. The van der Waals surface area contributed by atoms with Crippen molar-refractivity contribution in [2.45, 2.75) is 18.9 Å². The van der Waals surface area contributed by atoms with Crippen LogP contribution in [0.1, 0.15) is 24.4 Å². The fraction of sp³-hybridized carbons (Fsp3) is 0.625. The van der Waals surface area contributed by atoms with Crippen LogP contribution in [0.3, 0.4) is 0 Å². The van der Waals surface area contributed by atoms with E-state index in [0.29, 0.717) is 11.5 Å². The molecule has 2 aliphatic rings. The van der Waals surface area contributed by atoms with Gasteiger partial charge in [-0.25, -0.2) is 4.39 Å². The number of piperazine rings is 1. The lowest BCUT2D eigenvalue weighted by Crippen LogP contribution is -2.47. The van der Waals surface area contributed by atoms with E-state index in [1.54, 1.807) is 12.1 Å². The molecule has 3 rings (SSSR count). The summed E-state index contributed by atoms with van der Waals surface area (Å²) < 4.78 is 19.8. The lowest BCUT2D eigenvalue weighted by Gasteiger charge is -2.41. The molecule has 2 fully saturated rings. The number of nitrogens with zero attached hydrogens (tertiary/aromatic N) is 1. The number of hydrogen-bond donors (Lipinski definition) is 2. The molecule has 1 aromatic carbocycles. The number of phenols is 1. The van der Waals surface area contributed by atoms with E-state index in [1.165, 1.54) is 6.07 Å². The molecule has 0 bridgehead atoms. The highest BCUT2D eigenvalue weighted by atomic mass is 35.5. The van der Waals surface area contributed by atoms with Crippen LogP contribution in [0.15, 0.2) is 18.2 Å². The first-order valence-corrected chi connectivity index (χ1v) is 7.76. The topological polar surface area (TPSA) is 44.7 Å². The Morgan fingerprint density at radius 3 is 2.43 bits per heavy atom. The van der Waals surface area contributed by atoms with E-state index in [-0.39, 0.29) is 42.4 Å². The molecule has 0 amide bonds. The SMILES string of the molecule is Cl.Cl.Oc1ccc([C@@H](C2CCOCC2)N2CCNCC2)c(F)c1. The number of halogens is 3. The van der Waals surface area contributed by atoms with E-state index < -0.39 is 0 Å². The second kappa shape index (κ2) is 9.64. The van der Waals surface area contributed by atoms with Crippen LogP contribution in [0.5, 0.6) is 5.75 Å². The predicted octanol–water partition coefficient (Wildman–Crippen LogP) is 2.75. The number of aromatic hydroxyl groups is 1. The van der Waals surface area contributed by atoms with Crippen LogP contribution in [-0.2, 0) is 4.74 Å². The molecule has 132 valence electrons. The molecule has 2 saturated heterocycles. The van der Waals surface area contributed by atoms with Crippen molar-refractivity contribution >= 4 is 24.8 Å². The maximum atomic E-state index is 14.4. The normalized spacial score (nSPS) is 21.1. The van der Waals surface area contributed by atoms with Gasteiger partial charge in [-0.2, -0.15) is 0 Å². The largest absolute Gasteiger partial charge is 0.508 e. The summed E-state index contributed by atoms with van der Waals surface area (Å²) in [5, 5.41) is 12.8. The van der Waals surface area contributed by atoms with E-state index in [9.17, 15) is 9.50 Å². The van der Waals surface area contributed by atoms with Gasteiger partial charge in [-0.05, 0) is 24.8 Å². The summed E-state index contributed by atoms with van der Waals surface area (Å²) in [5.41, 5.74) is 0.710. The zero-order chi connectivity index (χ0) is 14.7. The molecule has 7 heteroatoms. The van der Waals surface area contributed by atoms with Gasteiger partial charge >= 0.3 is 0 Å². The molecule has 0 unspecified atom stereocenters. The highest BCUT2D eigenvalue weighted by Gasteiger charge is 2.32. The van der Waals surface area contributed by atoms with Gasteiger partial charge in [-0.3, -0.25) is 4.90 Å². The average molecular weight is 367 g/mol. The Bertz CT molecular complexity index is 463. The van der Waals surface area contributed by atoms with E-state index in [4.69, 9.17) is 4.74 Å². The zero-order valence-electron chi connectivity index (χ0n) is 13.0. The van der Waals surface area contributed by atoms with Crippen LogP contribution in [-0.4, -0.2) is 49.4 Å². The minimum atomic E-state index is -0.301. The molecule has 2 aliphatic heterocycles. The van der Waals surface area contributed by atoms with Gasteiger partial charge in [-0.1, -0.05) is 6.07 Å². The summed E-state index contributed by atoms with van der Waals surface area (Å²) in [6.45, 7) is 5.27. The van der Waals surface area contributed by atoms with Crippen molar-refractivity contribution in [3.05, 3.63) is 29.6 Å². The predicted molar refractivity (Wildman–Crippen MR) is 93.3 cm³/mol. The van der Waals surface area contributed by atoms with Crippen molar-refractivity contribution in [2.24, 2.45) is 5.92 Å². The maximum absolute atomic E-state index is 14.4. The summed E-state index contributed by atoms with van der Waals surface area (Å²) in [6, 6.07) is 4.64. The van der Waals surface area contributed by atoms with E-state index in [1.807, 2.05) is 0 Å². The van der Waals surface area contributed by atoms with Gasteiger partial charge in [0.05, 0.1) is 0 Å². The standard InChI is InChI=1S/C16H23FN2O2.2ClH/c17-15-11-13(20)1-2-14(15)16(12-3-9-21-10-4-12)19-7-5-18-6-8-19;;/h1-2,11-12,16,18,20H,3-10H2;2*1H/t16-;;/m1../s1. The van der Waals surface area contributed by atoms with Crippen molar-refractivity contribution in [1.82, 2.24) is 10.2 Å². The minimum absolute atomic E-state index is 0. The molecule has 0 radical (unpaired) electrons. The van der Waals surface area contributed by atoms with Crippen LogP contribution in [0.4, 0.5) is 4.39 Å². The van der Waals surface area contributed by atoms with E-state index >= 15 is 0 Å². The fourth-order valence-electron chi connectivity index (χ4n) is 3.50. The minimum Gasteiger partial charge on any atom is -0.508 e. The summed E-state index contributed by atoms with van der Waals surface area (Å²) in [4.78, 5) is 2.38. The number of benzene rings is 1. The van der Waals surface area contributed by atoms with Gasteiger partial charge in [0.25, 0.3) is 0 Å². The highest BCUT2D eigenvalue weighted by molar-refractivity contribution is 5.85. The molecule has 0 aromatic heterocycles. The Morgan fingerprint density at radius 1 is 1.17 bits per heavy atom. The smallest absolute Gasteiger partial charge is 0.131 e. The monoisotopic (exact) mass is 366 g/mol. The quantitative estimate of drug-likeness (QED) is 0.863. The van der Waals surface area contributed by atoms with Gasteiger partial charge in [-0.15, -0.1) is 24.8 Å². The van der Waals surface area contributed by atoms with Gasteiger partial charge in [0.2, 0.25) is 0 Å². The van der Waals surface area contributed by atoms with Gasteiger partial charge in [0.15, 0.2) is 0 Å². The second-order valence-electron chi connectivity index (χ2n) is 5.89. The lowest BCUT2D eigenvalue weighted by molar-refractivity contribution is 0.0202. The molecule has 23 heavy (non-hydrogen) atoms. The zero-order valence-corrected chi connectivity index (χ0v) is 14.7. The molecule has 4 nitrogen and oxygen atoms in total. The van der Waals surface area contributed by atoms with Crippen LogP contribution >= 0.6 is 24.8 Å². The summed E-state index contributed by atoms with van der Waals surface area (Å²) in [7, 11) is 0. The Hall–Kier alpha value is -0.590. The van der Waals surface area contributed by atoms with Crippen molar-refractivity contribution in [1.29, 1.82) is 0 Å². The average Bonchev–Trinajstić information content (AvgIpc) is 2.52. The van der Waals surface area contributed by atoms with Crippen molar-refractivity contribution in [3.63, 3.8) is 0 Å². The highest BCUT2D eigenvalue weighted by Crippen LogP contribution is 2.37. The third kappa shape index (κ3) is 4.94. The van der Waals surface area contributed by atoms with E-state index in [0.717, 1.165) is 52.2 Å². The Kier molecular flexibility index (Phi) is 8.58. The van der Waals surface area contributed by atoms with Gasteiger partial charge < -0.3 is 15.2 Å². The van der Waals surface area contributed by atoms with Gasteiger partial charge in [0, 0.05) is 57.1 Å². The number of hydrogen-bond acceptors (Lipinski definition) is 4. The third-order valence-corrected chi connectivity index (χ3v) is 4.56. The van der Waals surface area contributed by atoms with Crippen molar-refractivity contribution in [2.75, 3.05) is 39.4 Å². The second-order valence-corrected chi connectivity index (χ2v) is 5.89. The summed E-state index contributed by atoms with van der Waals surface area (Å²) in [6.07, 6.45) is 1.93. The number of rotatable bonds is 3. The molecular weight excluding hydrogens is 342 g/mol. The summed E-state index contributed by atoms with van der Waals surface area (Å²) >= 11 is 0. The first kappa shape index (κ1) is 20.5. The molecule has 2 heterocycles. The molecule has 1 atom stereocenters. The molecule has 0 saturated carbocycles. The maximum Gasteiger partial charge on any atom is 0.131 e.